The van der Waals surface area contributed by atoms with Crippen molar-refractivity contribution in [3.63, 3.8) is 0 Å². The minimum atomic E-state index is -1.39. The van der Waals surface area contributed by atoms with Gasteiger partial charge in [-0.2, -0.15) is 5.10 Å². The first kappa shape index (κ1) is 30.5. The number of rotatable bonds is 5. The molecule has 0 spiro atoms. The number of carbonyl (C=O) groups is 2. The average Bonchev–Trinajstić information content (AvgIpc) is 3.70. The van der Waals surface area contributed by atoms with Crippen LogP contribution >= 0.6 is 11.8 Å². The molecule has 5 unspecified atom stereocenters. The normalized spacial score (nSPS) is 35.7. The second kappa shape index (κ2) is 11.1. The van der Waals surface area contributed by atoms with Crippen LogP contribution in [0.3, 0.4) is 0 Å². The van der Waals surface area contributed by atoms with Crippen molar-refractivity contribution in [1.29, 1.82) is 0 Å². The summed E-state index contributed by atoms with van der Waals surface area (Å²) < 4.78 is 21.6. The Kier molecular flexibility index (Phi) is 7.89. The largest absolute Gasteiger partial charge is 0.449 e. The molecule has 7 atom stereocenters. The number of nitrogens with zero attached hydrogens (tertiary/aromatic N) is 3. The second-order valence-corrected chi connectivity index (χ2v) is 14.4. The summed E-state index contributed by atoms with van der Waals surface area (Å²) in [6.45, 7) is 10.3. The molecule has 0 bridgehead atoms. The van der Waals surface area contributed by atoms with E-state index in [9.17, 15) is 19.1 Å². The lowest BCUT2D eigenvalue weighted by Crippen LogP contribution is -2.62. The summed E-state index contributed by atoms with van der Waals surface area (Å²) in [6, 6.07) is 3.18. The van der Waals surface area contributed by atoms with Gasteiger partial charge in [-0.1, -0.05) is 39.3 Å². The number of aryl methyl sites for hydroxylation is 1. The van der Waals surface area contributed by atoms with Crippen molar-refractivity contribution in [3.05, 3.63) is 46.9 Å². The molecule has 2 aromatic heterocycles. The van der Waals surface area contributed by atoms with Gasteiger partial charge in [0, 0.05) is 11.6 Å². The molecule has 2 heterocycles. The number of thioether (sulfide) groups is 1. The maximum absolute atomic E-state index is 13.6. The predicted octanol–water partition coefficient (Wildman–Crippen LogP) is 6.63. The number of carbonyl (C=O) groups excluding carboxylic acids is 2. The number of alkyl halides is 1. The molecule has 1 N–H and O–H groups in total. The van der Waals surface area contributed by atoms with Crippen LogP contribution in [0.25, 0.3) is 11.9 Å². The number of hydrogen-bond donors (Lipinski definition) is 1. The first-order valence-corrected chi connectivity index (χ1v) is 16.9. The molecule has 232 valence electrons. The van der Waals surface area contributed by atoms with Crippen molar-refractivity contribution in [3.8, 4) is 5.82 Å². The van der Waals surface area contributed by atoms with Crippen LogP contribution < -0.4 is 0 Å². The van der Waals surface area contributed by atoms with Gasteiger partial charge < -0.3 is 9.84 Å². The van der Waals surface area contributed by atoms with E-state index >= 15 is 0 Å². The van der Waals surface area contributed by atoms with Crippen molar-refractivity contribution >= 4 is 28.9 Å². The predicted molar refractivity (Wildman–Crippen MR) is 165 cm³/mol. The van der Waals surface area contributed by atoms with Crippen molar-refractivity contribution in [2.45, 2.75) is 97.7 Å². The molecule has 0 aliphatic heterocycles. The Morgan fingerprint density at radius 2 is 1.93 bits per heavy atom. The molecule has 7 nitrogen and oxygen atoms in total. The molecule has 0 saturated heterocycles. The van der Waals surface area contributed by atoms with E-state index < -0.39 is 28.2 Å². The Labute approximate surface area is 258 Å². The molecule has 7 rings (SSSR count). The Morgan fingerprint density at radius 3 is 2.60 bits per heavy atom. The maximum Gasteiger partial charge on any atom is 0.309 e. The lowest BCUT2D eigenvalue weighted by atomic mass is 9.45. The lowest BCUT2D eigenvalue weighted by Gasteiger charge is -2.60. The van der Waals surface area contributed by atoms with E-state index in [-0.39, 0.29) is 35.1 Å². The molecule has 5 aliphatic carbocycles. The Morgan fingerprint density at radius 1 is 1.16 bits per heavy atom. The zero-order chi connectivity index (χ0) is 30.7. The minimum Gasteiger partial charge on any atom is -0.449 e. The van der Waals surface area contributed by atoms with Crippen molar-refractivity contribution in [2.24, 2.45) is 34.5 Å². The minimum absolute atomic E-state index is 0.00781. The quantitative estimate of drug-likeness (QED) is 0.380. The van der Waals surface area contributed by atoms with Crippen LogP contribution in [0.5, 0.6) is 0 Å². The third-order valence-corrected chi connectivity index (χ3v) is 12.1. The van der Waals surface area contributed by atoms with E-state index in [1.165, 1.54) is 5.57 Å². The van der Waals surface area contributed by atoms with Gasteiger partial charge in [0.2, 0.25) is 5.12 Å². The fourth-order valence-electron chi connectivity index (χ4n) is 9.23. The van der Waals surface area contributed by atoms with E-state index in [1.54, 1.807) is 0 Å². The van der Waals surface area contributed by atoms with Gasteiger partial charge in [0.1, 0.15) is 6.01 Å². The van der Waals surface area contributed by atoms with Gasteiger partial charge in [-0.25, -0.2) is 14.1 Å². The standard InChI is InChI=1S/C32H38FN3O4S.C2H6/c1-18-4-9-26(34-15-18)36-24-12-21-7-8-22-23-10-11-32(29(39)41-17-33,40-28(38)19-5-6-19)31(23,3)14-25(37)27(22)30(21,2)13-20(24)16-35-36;1-2/h4,9,12,15-16,19,22-23,25,27,37H,5-8,10-11,13-14,17H2,1-3H3;1-2H3/t22?,23-,25?,27+,30?,31?,32?;/m0./s1. The summed E-state index contributed by atoms with van der Waals surface area (Å²) in [5.74, 6) is 0.578. The summed E-state index contributed by atoms with van der Waals surface area (Å²) >= 11 is 0.609. The number of allylic oxidation sites excluding steroid dienone is 1. The molecule has 9 heteroatoms. The number of aliphatic hydroxyl groups excluding tert-OH is 1. The van der Waals surface area contributed by atoms with Gasteiger partial charge >= 0.3 is 5.97 Å². The number of halogens is 1. The van der Waals surface area contributed by atoms with Gasteiger partial charge in [0.15, 0.2) is 11.4 Å². The molecule has 0 aromatic carbocycles. The van der Waals surface area contributed by atoms with Crippen LogP contribution in [0.15, 0.2) is 30.1 Å². The summed E-state index contributed by atoms with van der Waals surface area (Å²) in [5, 5.41) is 16.3. The Bertz CT molecular complexity index is 1440. The smallest absolute Gasteiger partial charge is 0.309 e. The van der Waals surface area contributed by atoms with Gasteiger partial charge in [0.05, 0.1) is 23.9 Å². The number of pyridine rings is 1. The third kappa shape index (κ3) is 4.63. The zero-order valence-corrected chi connectivity index (χ0v) is 26.8. The number of esters is 1. The first-order chi connectivity index (χ1) is 20.6. The van der Waals surface area contributed by atoms with Crippen molar-refractivity contribution in [1.82, 2.24) is 14.8 Å². The van der Waals surface area contributed by atoms with Crippen LogP contribution in [0.1, 0.15) is 89.5 Å². The Hall–Kier alpha value is -2.52. The van der Waals surface area contributed by atoms with Gasteiger partial charge in [0.25, 0.3) is 0 Å². The third-order valence-electron chi connectivity index (χ3n) is 11.4. The molecule has 4 saturated carbocycles. The van der Waals surface area contributed by atoms with Gasteiger partial charge in [-0.15, -0.1) is 0 Å². The number of ether oxygens (including phenoxy) is 1. The molecule has 0 radical (unpaired) electrons. The van der Waals surface area contributed by atoms with Gasteiger partial charge in [-0.3, -0.25) is 9.59 Å². The van der Waals surface area contributed by atoms with E-state index in [0.717, 1.165) is 61.2 Å². The monoisotopic (exact) mass is 609 g/mol. The molecule has 0 amide bonds. The van der Waals surface area contributed by atoms with Crippen LogP contribution in [0.2, 0.25) is 0 Å². The Balaban J connectivity index is 0.00000161. The van der Waals surface area contributed by atoms with Gasteiger partial charge in [-0.05, 0) is 116 Å². The average molecular weight is 610 g/mol. The highest BCUT2D eigenvalue weighted by atomic mass is 32.2. The number of aliphatic hydroxyl groups is 1. The topological polar surface area (TPSA) is 94.3 Å². The number of aromatic nitrogens is 3. The summed E-state index contributed by atoms with van der Waals surface area (Å²) in [4.78, 5) is 31.1. The summed E-state index contributed by atoms with van der Waals surface area (Å²) in [6.07, 6.45) is 11.0. The first-order valence-electron chi connectivity index (χ1n) is 16.0. The highest BCUT2D eigenvalue weighted by molar-refractivity contribution is 8.13. The molecular formula is C34H44FN3O4S. The molecular weight excluding hydrogens is 565 g/mol. The van der Waals surface area contributed by atoms with E-state index in [2.05, 4.69) is 18.0 Å². The molecule has 2 aromatic rings. The van der Waals surface area contributed by atoms with Crippen LogP contribution in [-0.2, 0) is 20.7 Å². The van der Waals surface area contributed by atoms with E-state index in [4.69, 9.17) is 9.84 Å². The summed E-state index contributed by atoms with van der Waals surface area (Å²) in [5.41, 5.74) is 2.25. The molecule has 4 fully saturated rings. The lowest BCUT2D eigenvalue weighted by molar-refractivity contribution is -0.197. The second-order valence-electron chi connectivity index (χ2n) is 13.6. The number of fused-ring (bicyclic) bond motifs is 6. The SMILES string of the molecule is CC.Cc1ccc(-n2ncc3c2C=C2CCC4[C@H](C(O)CC5(C)[C@H]4CCC5(OC(=O)C4CC4)C(=O)SCF)C2(C)C3)nc1. The van der Waals surface area contributed by atoms with Crippen LogP contribution in [0.4, 0.5) is 4.39 Å². The highest BCUT2D eigenvalue weighted by Gasteiger charge is 2.71. The van der Waals surface area contributed by atoms with Crippen molar-refractivity contribution < 1.29 is 23.8 Å². The number of hydrogen-bond acceptors (Lipinski definition) is 7. The fraction of sp³-hybridized carbons (Fsp3) is 0.647. The van der Waals surface area contributed by atoms with Crippen molar-refractivity contribution in [2.75, 3.05) is 6.01 Å². The molecule has 5 aliphatic rings. The van der Waals surface area contributed by atoms with E-state index in [1.807, 2.05) is 56.9 Å². The fourth-order valence-corrected chi connectivity index (χ4v) is 9.93. The zero-order valence-electron chi connectivity index (χ0n) is 25.9. The highest BCUT2D eigenvalue weighted by Crippen LogP contribution is 2.69. The summed E-state index contributed by atoms with van der Waals surface area (Å²) in [7, 11) is 0. The maximum atomic E-state index is 13.6. The van der Waals surface area contributed by atoms with E-state index in [0.29, 0.717) is 24.6 Å². The van der Waals surface area contributed by atoms with Crippen LogP contribution in [-0.4, -0.2) is 48.7 Å². The van der Waals surface area contributed by atoms with Crippen LogP contribution in [0, 0.1) is 41.4 Å². The molecule has 43 heavy (non-hydrogen) atoms.